The molecule has 0 aliphatic heterocycles. The summed E-state index contributed by atoms with van der Waals surface area (Å²) in [7, 11) is 1.91. The summed E-state index contributed by atoms with van der Waals surface area (Å²) in [6.45, 7) is 0. The summed E-state index contributed by atoms with van der Waals surface area (Å²) in [6.07, 6.45) is 3.52. The molecule has 0 atom stereocenters. The van der Waals surface area contributed by atoms with Gasteiger partial charge in [0.2, 0.25) is 0 Å². The summed E-state index contributed by atoms with van der Waals surface area (Å²) in [6, 6.07) is 21.0. The van der Waals surface area contributed by atoms with Gasteiger partial charge in [0.15, 0.2) is 11.0 Å². The van der Waals surface area contributed by atoms with Crippen LogP contribution in [0.2, 0.25) is 5.02 Å². The molecule has 0 spiro atoms. The van der Waals surface area contributed by atoms with Crippen molar-refractivity contribution in [1.29, 1.82) is 0 Å². The van der Waals surface area contributed by atoms with Crippen molar-refractivity contribution in [2.75, 3.05) is 5.75 Å². The Kier molecular flexibility index (Phi) is 6.49. The Bertz CT molecular complexity index is 1200. The maximum atomic E-state index is 12.3. The van der Waals surface area contributed by atoms with Crippen LogP contribution < -0.4 is 5.43 Å². The second-order valence-corrected chi connectivity index (χ2v) is 7.99. The lowest BCUT2D eigenvalue weighted by Crippen LogP contribution is -2.20. The van der Waals surface area contributed by atoms with Gasteiger partial charge in [0.1, 0.15) is 0 Å². The van der Waals surface area contributed by atoms with Crippen molar-refractivity contribution in [3.8, 4) is 17.1 Å². The van der Waals surface area contributed by atoms with Gasteiger partial charge in [0, 0.05) is 29.5 Å². The van der Waals surface area contributed by atoms with Crippen LogP contribution in [-0.2, 0) is 11.8 Å². The zero-order valence-corrected chi connectivity index (χ0v) is 18.2. The second-order valence-electron chi connectivity index (χ2n) is 6.61. The zero-order valence-electron chi connectivity index (χ0n) is 16.6. The predicted molar refractivity (Wildman–Crippen MR) is 124 cm³/mol. The molecule has 0 saturated carbocycles. The number of hydrazone groups is 1. The standard InChI is InChI=1S/C22H19ClN6OS/c1-28-13-5-8-19(28)14-24-25-20(30)15-31-22-27-26-21(16-9-11-17(23)12-10-16)29(22)18-6-3-2-4-7-18/h2-14H,15H2,1H3,(H,25,30)/b24-14+. The Morgan fingerprint density at radius 3 is 2.58 bits per heavy atom. The van der Waals surface area contributed by atoms with Crippen molar-refractivity contribution >= 4 is 35.5 Å². The van der Waals surface area contributed by atoms with Crippen LogP contribution in [0.1, 0.15) is 5.69 Å². The minimum absolute atomic E-state index is 0.149. The van der Waals surface area contributed by atoms with Crippen LogP contribution in [0.5, 0.6) is 0 Å². The minimum atomic E-state index is -0.230. The Morgan fingerprint density at radius 1 is 1.10 bits per heavy atom. The van der Waals surface area contributed by atoms with Crippen LogP contribution in [0.25, 0.3) is 17.1 Å². The summed E-state index contributed by atoms with van der Waals surface area (Å²) in [5, 5.41) is 14.0. The number of aryl methyl sites for hydroxylation is 1. The average molecular weight is 451 g/mol. The van der Waals surface area contributed by atoms with E-state index < -0.39 is 0 Å². The second kappa shape index (κ2) is 9.63. The highest BCUT2D eigenvalue weighted by Crippen LogP contribution is 2.28. The van der Waals surface area contributed by atoms with Gasteiger partial charge in [-0.25, -0.2) is 5.43 Å². The summed E-state index contributed by atoms with van der Waals surface area (Å²) in [4.78, 5) is 12.3. The number of hydrogen-bond acceptors (Lipinski definition) is 5. The van der Waals surface area contributed by atoms with E-state index >= 15 is 0 Å². The molecule has 2 aromatic heterocycles. The fraction of sp³-hybridized carbons (Fsp3) is 0.0909. The van der Waals surface area contributed by atoms with E-state index in [4.69, 9.17) is 11.6 Å². The van der Waals surface area contributed by atoms with Gasteiger partial charge >= 0.3 is 0 Å². The maximum absolute atomic E-state index is 12.3. The summed E-state index contributed by atoms with van der Waals surface area (Å²) in [5.41, 5.74) is 5.22. The lowest BCUT2D eigenvalue weighted by molar-refractivity contribution is -0.118. The smallest absolute Gasteiger partial charge is 0.250 e. The number of amides is 1. The number of nitrogens with one attached hydrogen (secondary N) is 1. The Morgan fingerprint density at radius 2 is 1.87 bits per heavy atom. The molecule has 1 amide bonds. The highest BCUT2D eigenvalue weighted by molar-refractivity contribution is 7.99. The first-order valence-corrected chi connectivity index (χ1v) is 10.8. The first kappa shape index (κ1) is 20.9. The molecule has 1 N–H and O–H groups in total. The minimum Gasteiger partial charge on any atom is -0.350 e. The zero-order chi connectivity index (χ0) is 21.6. The first-order valence-electron chi connectivity index (χ1n) is 9.44. The highest BCUT2D eigenvalue weighted by atomic mass is 35.5. The average Bonchev–Trinajstić information content (AvgIpc) is 3.39. The molecule has 156 valence electrons. The van der Waals surface area contributed by atoms with E-state index in [9.17, 15) is 4.79 Å². The Labute approximate surface area is 188 Å². The molecule has 4 rings (SSSR count). The van der Waals surface area contributed by atoms with Crippen LogP contribution in [0.3, 0.4) is 0 Å². The van der Waals surface area contributed by atoms with Crippen molar-refractivity contribution < 1.29 is 4.79 Å². The SMILES string of the molecule is Cn1cccc1/C=N/NC(=O)CSc1nnc(-c2ccc(Cl)cc2)n1-c1ccccc1. The number of aromatic nitrogens is 4. The molecular formula is C22H19ClN6OS. The van der Waals surface area contributed by atoms with E-state index in [1.807, 2.05) is 89.1 Å². The van der Waals surface area contributed by atoms with Crippen molar-refractivity contribution in [2.24, 2.45) is 12.1 Å². The number of carbonyl (C=O) groups is 1. The van der Waals surface area contributed by atoms with E-state index in [-0.39, 0.29) is 11.7 Å². The summed E-state index contributed by atoms with van der Waals surface area (Å²) in [5.74, 6) is 0.592. The Balaban J connectivity index is 1.51. The quantitative estimate of drug-likeness (QED) is 0.260. The first-order chi connectivity index (χ1) is 15.1. The normalized spacial score (nSPS) is 11.2. The third-order valence-electron chi connectivity index (χ3n) is 4.45. The van der Waals surface area contributed by atoms with Crippen LogP contribution >= 0.6 is 23.4 Å². The van der Waals surface area contributed by atoms with Gasteiger partial charge in [-0.15, -0.1) is 10.2 Å². The third kappa shape index (κ3) is 5.04. The van der Waals surface area contributed by atoms with E-state index in [2.05, 4.69) is 20.7 Å². The molecule has 0 aliphatic carbocycles. The lowest BCUT2D eigenvalue weighted by Gasteiger charge is -2.10. The number of benzene rings is 2. The topological polar surface area (TPSA) is 77.1 Å². The number of halogens is 1. The molecule has 0 unspecified atom stereocenters. The molecule has 0 saturated heterocycles. The van der Waals surface area contributed by atoms with Crippen molar-refractivity contribution in [2.45, 2.75) is 5.16 Å². The number of hydrogen-bond donors (Lipinski definition) is 1. The molecule has 7 nitrogen and oxygen atoms in total. The van der Waals surface area contributed by atoms with E-state index in [0.717, 1.165) is 16.9 Å². The van der Waals surface area contributed by atoms with Crippen molar-refractivity contribution in [3.63, 3.8) is 0 Å². The van der Waals surface area contributed by atoms with Gasteiger partial charge < -0.3 is 4.57 Å². The molecule has 0 aliphatic rings. The highest BCUT2D eigenvalue weighted by Gasteiger charge is 2.17. The third-order valence-corrected chi connectivity index (χ3v) is 5.63. The number of thioether (sulfide) groups is 1. The number of carbonyl (C=O) groups excluding carboxylic acids is 1. The number of rotatable bonds is 7. The molecule has 0 bridgehead atoms. The largest absolute Gasteiger partial charge is 0.350 e. The van der Waals surface area contributed by atoms with Gasteiger partial charge in [-0.1, -0.05) is 41.6 Å². The number of nitrogens with zero attached hydrogens (tertiary/aromatic N) is 5. The lowest BCUT2D eigenvalue weighted by atomic mass is 10.2. The van der Waals surface area contributed by atoms with Crippen molar-refractivity contribution in [3.05, 3.63) is 83.6 Å². The Hall–Kier alpha value is -3.36. The summed E-state index contributed by atoms with van der Waals surface area (Å²) < 4.78 is 3.83. The van der Waals surface area contributed by atoms with Gasteiger partial charge in [-0.05, 0) is 48.5 Å². The molecule has 0 radical (unpaired) electrons. The molecule has 2 aromatic carbocycles. The van der Waals surface area contributed by atoms with Gasteiger partial charge in [0.05, 0.1) is 17.7 Å². The van der Waals surface area contributed by atoms with E-state index in [1.54, 1.807) is 6.21 Å². The van der Waals surface area contributed by atoms with E-state index in [0.29, 0.717) is 16.0 Å². The van der Waals surface area contributed by atoms with Crippen LogP contribution in [0.15, 0.2) is 83.2 Å². The maximum Gasteiger partial charge on any atom is 0.250 e. The molecule has 0 fully saturated rings. The van der Waals surface area contributed by atoms with Crippen molar-refractivity contribution in [1.82, 2.24) is 24.8 Å². The molecule has 31 heavy (non-hydrogen) atoms. The molecule has 9 heteroatoms. The fourth-order valence-electron chi connectivity index (χ4n) is 2.90. The van der Waals surface area contributed by atoms with E-state index in [1.165, 1.54) is 11.8 Å². The monoisotopic (exact) mass is 450 g/mol. The van der Waals surface area contributed by atoms with Gasteiger partial charge in [0.25, 0.3) is 5.91 Å². The van der Waals surface area contributed by atoms with Gasteiger partial charge in [-0.2, -0.15) is 5.10 Å². The summed E-state index contributed by atoms with van der Waals surface area (Å²) >= 11 is 7.32. The predicted octanol–water partition coefficient (Wildman–Crippen LogP) is 4.17. The van der Waals surface area contributed by atoms with Gasteiger partial charge in [-0.3, -0.25) is 9.36 Å². The van der Waals surface area contributed by atoms with Crippen LogP contribution in [0.4, 0.5) is 0 Å². The van der Waals surface area contributed by atoms with Crippen LogP contribution in [-0.4, -0.2) is 37.2 Å². The molecule has 2 heterocycles. The molecular weight excluding hydrogens is 432 g/mol. The number of para-hydroxylation sites is 1. The fourth-order valence-corrected chi connectivity index (χ4v) is 3.77. The molecule has 4 aromatic rings. The van der Waals surface area contributed by atoms with Crippen LogP contribution in [0, 0.1) is 0 Å².